The zero-order valence-electron chi connectivity index (χ0n) is 19.8. The Bertz CT molecular complexity index is 497. The highest BCUT2D eigenvalue weighted by Crippen LogP contribution is 2.36. The number of ether oxygens (including phenoxy) is 9. The van der Waals surface area contributed by atoms with Gasteiger partial charge in [0.05, 0.1) is 99.1 Å². The Balaban J connectivity index is 3.23. The number of halogens is 5. The van der Waals surface area contributed by atoms with Crippen LogP contribution >= 0.6 is 0 Å². The molecule has 0 amide bonds. The molecule has 0 unspecified atom stereocenters. The van der Waals surface area contributed by atoms with Crippen LogP contribution in [0.25, 0.3) is 0 Å². The van der Waals surface area contributed by atoms with Gasteiger partial charge in [0.15, 0.2) is 0 Å². The Morgan fingerprint density at radius 2 is 0.743 bits per heavy atom. The first-order chi connectivity index (χ1) is 16.7. The molecule has 0 heterocycles. The smallest absolute Gasteiger partial charge is 0.459 e. The van der Waals surface area contributed by atoms with Gasteiger partial charge in [-0.15, -0.1) is 0 Å². The molecule has 0 bridgehead atoms. The van der Waals surface area contributed by atoms with E-state index in [0.29, 0.717) is 72.7 Å². The minimum atomic E-state index is -6.00. The average Bonchev–Trinajstić information content (AvgIpc) is 2.80. The SMILES string of the molecule is COCCOCCOCCOCCOCCOCCOCCOCCOC(=O)C(F)(F)C(F)(F)F. The Morgan fingerprint density at radius 3 is 1.00 bits per heavy atom. The van der Waals surface area contributed by atoms with Crippen molar-refractivity contribution < 1.29 is 69.4 Å². The molecule has 0 N–H and O–H groups in total. The fourth-order valence-corrected chi connectivity index (χ4v) is 1.96. The summed E-state index contributed by atoms with van der Waals surface area (Å²) in [7, 11) is 1.61. The lowest BCUT2D eigenvalue weighted by molar-refractivity contribution is -0.280. The van der Waals surface area contributed by atoms with Gasteiger partial charge in [-0.25, -0.2) is 4.79 Å². The van der Waals surface area contributed by atoms with Crippen LogP contribution in [0.4, 0.5) is 22.0 Å². The molecule has 0 aliphatic carbocycles. The lowest BCUT2D eigenvalue weighted by Crippen LogP contribution is -2.45. The summed E-state index contributed by atoms with van der Waals surface area (Å²) in [6.07, 6.45) is -6.00. The molecule has 0 atom stereocenters. The van der Waals surface area contributed by atoms with Crippen LogP contribution in [-0.4, -0.2) is 131 Å². The van der Waals surface area contributed by atoms with E-state index < -0.39 is 24.7 Å². The van der Waals surface area contributed by atoms with Gasteiger partial charge in [-0.1, -0.05) is 0 Å². The number of alkyl halides is 5. The fourth-order valence-electron chi connectivity index (χ4n) is 1.96. The molecule has 0 fully saturated rings. The van der Waals surface area contributed by atoms with Crippen molar-refractivity contribution in [2.75, 3.05) is 113 Å². The second kappa shape index (κ2) is 22.0. The molecule has 210 valence electrons. The van der Waals surface area contributed by atoms with E-state index in [1.54, 1.807) is 7.11 Å². The summed E-state index contributed by atoms with van der Waals surface area (Å²) in [4.78, 5) is 10.7. The maximum atomic E-state index is 12.6. The monoisotopic (exact) mass is 530 g/mol. The van der Waals surface area contributed by atoms with E-state index in [1.165, 1.54) is 0 Å². The molecule has 0 aliphatic heterocycles. The van der Waals surface area contributed by atoms with E-state index in [0.717, 1.165) is 0 Å². The molecular weight excluding hydrogens is 495 g/mol. The van der Waals surface area contributed by atoms with Gasteiger partial charge in [0, 0.05) is 7.11 Å². The summed E-state index contributed by atoms with van der Waals surface area (Å²) in [6.45, 7) is 4.25. The van der Waals surface area contributed by atoms with Gasteiger partial charge in [0.2, 0.25) is 0 Å². The zero-order chi connectivity index (χ0) is 26.3. The van der Waals surface area contributed by atoms with Crippen molar-refractivity contribution in [3.05, 3.63) is 0 Å². The molecule has 0 aromatic rings. The van der Waals surface area contributed by atoms with E-state index in [-0.39, 0.29) is 26.4 Å². The summed E-state index contributed by atoms with van der Waals surface area (Å²) in [6, 6.07) is 0. The van der Waals surface area contributed by atoms with Crippen LogP contribution in [0.3, 0.4) is 0 Å². The molecule has 0 rings (SSSR count). The normalized spacial score (nSPS) is 12.3. The fraction of sp³-hybridized carbons (Fsp3) is 0.950. The number of esters is 1. The van der Waals surface area contributed by atoms with E-state index in [1.807, 2.05) is 0 Å². The summed E-state index contributed by atoms with van der Waals surface area (Å²) in [5.74, 6) is -8.22. The molecule has 0 spiro atoms. The third kappa shape index (κ3) is 19.6. The van der Waals surface area contributed by atoms with E-state index in [2.05, 4.69) is 4.74 Å². The molecule has 0 radical (unpaired) electrons. The van der Waals surface area contributed by atoms with Crippen LogP contribution in [0, 0.1) is 0 Å². The molecule has 15 heteroatoms. The largest absolute Gasteiger partial charge is 0.465 e. The number of carbonyl (C=O) groups is 1. The summed E-state index contributed by atoms with van der Waals surface area (Å²) < 4.78 is 106. The first-order valence-corrected chi connectivity index (χ1v) is 10.9. The van der Waals surface area contributed by atoms with Gasteiger partial charge in [-0.05, 0) is 0 Å². The van der Waals surface area contributed by atoms with Crippen LogP contribution in [0.2, 0.25) is 0 Å². The van der Waals surface area contributed by atoms with E-state index in [9.17, 15) is 26.7 Å². The molecule has 0 saturated carbocycles. The summed E-state index contributed by atoms with van der Waals surface area (Å²) >= 11 is 0. The molecule has 0 aromatic heterocycles. The standard InChI is InChI=1S/C20H35F5O10/c1-27-2-3-28-4-5-29-6-7-30-8-9-31-10-11-32-12-13-33-14-15-34-16-17-35-18(26)19(21,22)20(23,24)25/h2-17H2,1H3. The molecular formula is C20H35F5O10. The highest BCUT2D eigenvalue weighted by atomic mass is 19.4. The first kappa shape index (κ1) is 33.8. The van der Waals surface area contributed by atoms with Crippen LogP contribution in [0.15, 0.2) is 0 Å². The highest BCUT2D eigenvalue weighted by molar-refractivity contribution is 5.78. The van der Waals surface area contributed by atoms with Crippen molar-refractivity contribution in [3.63, 3.8) is 0 Å². The number of hydrogen-bond acceptors (Lipinski definition) is 10. The second-order valence-corrected chi connectivity index (χ2v) is 6.49. The Kier molecular flexibility index (Phi) is 21.3. The van der Waals surface area contributed by atoms with Crippen LogP contribution in [0.1, 0.15) is 0 Å². The predicted molar refractivity (Wildman–Crippen MR) is 110 cm³/mol. The lowest BCUT2D eigenvalue weighted by atomic mass is 10.3. The molecule has 0 saturated heterocycles. The van der Waals surface area contributed by atoms with Crippen molar-refractivity contribution in [2.24, 2.45) is 0 Å². The van der Waals surface area contributed by atoms with Gasteiger partial charge in [0.25, 0.3) is 0 Å². The molecule has 0 aromatic carbocycles. The topological polar surface area (TPSA) is 100 Å². The van der Waals surface area contributed by atoms with Gasteiger partial charge < -0.3 is 42.6 Å². The van der Waals surface area contributed by atoms with Crippen molar-refractivity contribution in [2.45, 2.75) is 12.1 Å². The van der Waals surface area contributed by atoms with Crippen LogP contribution < -0.4 is 0 Å². The second-order valence-electron chi connectivity index (χ2n) is 6.49. The Hall–Kier alpha value is -1.20. The summed E-state index contributed by atoms with van der Waals surface area (Å²) in [5, 5.41) is 0. The lowest BCUT2D eigenvalue weighted by Gasteiger charge is -2.17. The van der Waals surface area contributed by atoms with Gasteiger partial charge in [-0.2, -0.15) is 22.0 Å². The minimum Gasteiger partial charge on any atom is -0.459 e. The van der Waals surface area contributed by atoms with E-state index in [4.69, 9.17) is 37.9 Å². The van der Waals surface area contributed by atoms with Crippen molar-refractivity contribution in [1.29, 1.82) is 0 Å². The zero-order valence-corrected chi connectivity index (χ0v) is 19.8. The molecule has 10 nitrogen and oxygen atoms in total. The predicted octanol–water partition coefficient (Wildman–Crippen LogP) is 1.49. The van der Waals surface area contributed by atoms with Crippen molar-refractivity contribution in [1.82, 2.24) is 0 Å². The maximum absolute atomic E-state index is 12.6. The Morgan fingerprint density at radius 1 is 0.486 bits per heavy atom. The number of hydrogen-bond donors (Lipinski definition) is 0. The van der Waals surface area contributed by atoms with Gasteiger partial charge in [-0.3, -0.25) is 0 Å². The minimum absolute atomic E-state index is 0.0313. The number of carbonyl (C=O) groups excluding carboxylic acids is 1. The summed E-state index contributed by atoms with van der Waals surface area (Å²) in [5.41, 5.74) is 0. The van der Waals surface area contributed by atoms with Gasteiger partial charge in [0.1, 0.15) is 6.61 Å². The maximum Gasteiger partial charge on any atom is 0.465 e. The van der Waals surface area contributed by atoms with Crippen molar-refractivity contribution in [3.8, 4) is 0 Å². The molecule has 0 aliphatic rings. The van der Waals surface area contributed by atoms with Crippen LogP contribution in [0.5, 0.6) is 0 Å². The highest BCUT2D eigenvalue weighted by Gasteiger charge is 2.64. The molecule has 35 heavy (non-hydrogen) atoms. The number of methoxy groups -OCH3 is 1. The third-order valence-electron chi connectivity index (χ3n) is 3.74. The van der Waals surface area contributed by atoms with Gasteiger partial charge >= 0.3 is 18.1 Å². The van der Waals surface area contributed by atoms with Crippen LogP contribution in [-0.2, 0) is 47.4 Å². The first-order valence-electron chi connectivity index (χ1n) is 10.9. The van der Waals surface area contributed by atoms with Crippen molar-refractivity contribution >= 4 is 5.97 Å². The third-order valence-corrected chi connectivity index (χ3v) is 3.74. The number of rotatable bonds is 25. The quantitative estimate of drug-likeness (QED) is 0.0981. The van der Waals surface area contributed by atoms with E-state index >= 15 is 0 Å². The average molecular weight is 530 g/mol. The Labute approximate surface area is 201 Å².